The highest BCUT2D eigenvalue weighted by Gasteiger charge is 2.09. The predicted molar refractivity (Wildman–Crippen MR) is 75.2 cm³/mol. The van der Waals surface area contributed by atoms with Gasteiger partial charge in [-0.05, 0) is 32.3 Å². The zero-order valence-electron chi connectivity index (χ0n) is 11.6. The first-order valence-corrected chi connectivity index (χ1v) is 6.54. The van der Waals surface area contributed by atoms with Crippen molar-refractivity contribution < 1.29 is 4.79 Å². The number of hydrogen-bond donors (Lipinski definition) is 1. The van der Waals surface area contributed by atoms with Crippen molar-refractivity contribution in [1.82, 2.24) is 4.90 Å². The van der Waals surface area contributed by atoms with Crippen LogP contribution in [0.5, 0.6) is 0 Å². The zero-order valence-corrected chi connectivity index (χ0v) is 11.6. The van der Waals surface area contributed by atoms with Crippen LogP contribution in [0.2, 0.25) is 0 Å². The number of carbonyl (C=O) groups is 1. The summed E-state index contributed by atoms with van der Waals surface area (Å²) in [5, 5.41) is 0. The van der Waals surface area contributed by atoms with E-state index in [1.54, 1.807) is 4.90 Å². The number of aryl methyl sites for hydroxylation is 1. The first kappa shape index (κ1) is 14.7. The maximum atomic E-state index is 11.9. The van der Waals surface area contributed by atoms with E-state index >= 15 is 0 Å². The summed E-state index contributed by atoms with van der Waals surface area (Å²) in [7, 11) is 1.86. The highest BCUT2D eigenvalue weighted by molar-refractivity contribution is 5.75. The largest absolute Gasteiger partial charge is 0.341 e. The molecule has 1 unspecified atom stereocenters. The summed E-state index contributed by atoms with van der Waals surface area (Å²) >= 11 is 0. The van der Waals surface area contributed by atoms with Crippen LogP contribution < -0.4 is 5.73 Å². The van der Waals surface area contributed by atoms with E-state index in [2.05, 4.69) is 25.1 Å². The van der Waals surface area contributed by atoms with Gasteiger partial charge < -0.3 is 10.6 Å². The van der Waals surface area contributed by atoms with Gasteiger partial charge in [0, 0.05) is 26.1 Å². The van der Waals surface area contributed by atoms with E-state index in [-0.39, 0.29) is 11.9 Å². The number of carbonyl (C=O) groups excluding carboxylic acids is 1. The van der Waals surface area contributed by atoms with Crippen LogP contribution in [0.3, 0.4) is 0 Å². The molecule has 1 atom stereocenters. The van der Waals surface area contributed by atoms with Crippen molar-refractivity contribution >= 4 is 5.91 Å². The Morgan fingerprint density at radius 1 is 1.44 bits per heavy atom. The van der Waals surface area contributed by atoms with Gasteiger partial charge in [-0.2, -0.15) is 0 Å². The maximum absolute atomic E-state index is 11.9. The summed E-state index contributed by atoms with van der Waals surface area (Å²) in [5.41, 5.74) is 8.08. The van der Waals surface area contributed by atoms with E-state index in [4.69, 9.17) is 5.73 Å². The van der Waals surface area contributed by atoms with Gasteiger partial charge >= 0.3 is 0 Å². The molecule has 0 aliphatic heterocycles. The summed E-state index contributed by atoms with van der Waals surface area (Å²) < 4.78 is 0. The minimum atomic E-state index is 0.180. The van der Waals surface area contributed by atoms with Crippen molar-refractivity contribution in [2.24, 2.45) is 5.73 Å². The Labute approximate surface area is 110 Å². The molecule has 0 aliphatic carbocycles. The van der Waals surface area contributed by atoms with Crippen molar-refractivity contribution in [3.63, 3.8) is 0 Å². The van der Waals surface area contributed by atoms with Crippen LogP contribution in [0.4, 0.5) is 0 Å². The number of nitrogens with zero attached hydrogens (tertiary/aromatic N) is 1. The lowest BCUT2D eigenvalue weighted by atomic mass is 10.1. The second kappa shape index (κ2) is 7.17. The van der Waals surface area contributed by atoms with Crippen molar-refractivity contribution in [2.75, 3.05) is 7.05 Å². The Balaban J connectivity index is 2.40. The minimum absolute atomic E-state index is 0.180. The Bertz CT molecular complexity index is 388. The second-order valence-electron chi connectivity index (χ2n) is 5.11. The fourth-order valence-corrected chi connectivity index (χ4v) is 1.94. The van der Waals surface area contributed by atoms with Crippen molar-refractivity contribution in [3.8, 4) is 0 Å². The van der Waals surface area contributed by atoms with Gasteiger partial charge in [0.25, 0.3) is 0 Å². The molecule has 0 spiro atoms. The Morgan fingerprint density at radius 3 is 2.78 bits per heavy atom. The predicted octanol–water partition coefficient (Wildman–Crippen LogP) is 2.47. The average molecular weight is 248 g/mol. The Kier molecular flexibility index (Phi) is 5.86. The van der Waals surface area contributed by atoms with Crippen LogP contribution in [0, 0.1) is 6.92 Å². The Hall–Kier alpha value is -1.35. The van der Waals surface area contributed by atoms with Crippen LogP contribution in [-0.4, -0.2) is 23.9 Å². The molecule has 0 fully saturated rings. The normalized spacial score (nSPS) is 12.2. The van der Waals surface area contributed by atoms with Crippen LogP contribution in [0.25, 0.3) is 0 Å². The molecule has 1 amide bonds. The summed E-state index contributed by atoms with van der Waals surface area (Å²) in [5.74, 6) is 0.192. The molecule has 1 rings (SSSR count). The van der Waals surface area contributed by atoms with E-state index in [1.165, 1.54) is 11.1 Å². The number of nitrogens with two attached hydrogens (primary N) is 1. The summed E-state index contributed by atoms with van der Waals surface area (Å²) in [4.78, 5) is 13.7. The van der Waals surface area contributed by atoms with Crippen LogP contribution in [0.15, 0.2) is 24.3 Å². The first-order valence-electron chi connectivity index (χ1n) is 6.54. The molecule has 3 heteroatoms. The lowest BCUT2D eigenvalue weighted by Crippen LogP contribution is -2.26. The standard InChI is InChI=1S/C15H24N2O/c1-12-6-4-8-14(10-12)11-17(3)15(18)9-5-7-13(2)16/h4,6,8,10,13H,5,7,9,11,16H2,1-3H3. The molecule has 3 nitrogen and oxygen atoms in total. The van der Waals surface area contributed by atoms with Crippen molar-refractivity contribution in [1.29, 1.82) is 0 Å². The van der Waals surface area contributed by atoms with E-state index < -0.39 is 0 Å². The number of amides is 1. The molecule has 0 bridgehead atoms. The molecular weight excluding hydrogens is 224 g/mol. The van der Waals surface area contributed by atoms with Crippen molar-refractivity contribution in [2.45, 2.75) is 45.7 Å². The highest BCUT2D eigenvalue weighted by Crippen LogP contribution is 2.08. The van der Waals surface area contributed by atoms with Gasteiger partial charge in [0.05, 0.1) is 0 Å². The molecule has 0 radical (unpaired) electrons. The third-order valence-corrected chi connectivity index (χ3v) is 2.98. The molecule has 100 valence electrons. The Morgan fingerprint density at radius 2 is 2.17 bits per heavy atom. The number of hydrogen-bond acceptors (Lipinski definition) is 2. The molecular formula is C15H24N2O. The molecule has 1 aromatic rings. The van der Waals surface area contributed by atoms with Gasteiger partial charge in [-0.15, -0.1) is 0 Å². The molecule has 0 heterocycles. The van der Waals surface area contributed by atoms with Gasteiger partial charge in [-0.3, -0.25) is 4.79 Å². The molecule has 0 aliphatic rings. The van der Waals surface area contributed by atoms with E-state index in [1.807, 2.05) is 20.0 Å². The minimum Gasteiger partial charge on any atom is -0.341 e. The molecule has 2 N–H and O–H groups in total. The van der Waals surface area contributed by atoms with Crippen LogP contribution in [-0.2, 0) is 11.3 Å². The molecule has 18 heavy (non-hydrogen) atoms. The number of rotatable bonds is 6. The fourth-order valence-electron chi connectivity index (χ4n) is 1.94. The van der Waals surface area contributed by atoms with E-state index in [9.17, 15) is 4.79 Å². The molecule has 1 aromatic carbocycles. The summed E-state index contributed by atoms with van der Waals surface area (Å²) in [6.07, 6.45) is 2.36. The lowest BCUT2D eigenvalue weighted by Gasteiger charge is -2.17. The first-order chi connectivity index (χ1) is 8.49. The molecule has 0 saturated heterocycles. The van der Waals surface area contributed by atoms with Gasteiger partial charge in [0.1, 0.15) is 0 Å². The highest BCUT2D eigenvalue weighted by atomic mass is 16.2. The summed E-state index contributed by atoms with van der Waals surface area (Å²) in [6, 6.07) is 8.44. The topological polar surface area (TPSA) is 46.3 Å². The molecule has 0 saturated carbocycles. The second-order valence-corrected chi connectivity index (χ2v) is 5.11. The van der Waals surface area contributed by atoms with Gasteiger partial charge in [0.2, 0.25) is 5.91 Å². The third-order valence-electron chi connectivity index (χ3n) is 2.98. The van der Waals surface area contributed by atoms with Gasteiger partial charge in [-0.25, -0.2) is 0 Å². The fraction of sp³-hybridized carbons (Fsp3) is 0.533. The van der Waals surface area contributed by atoms with Gasteiger partial charge in [-0.1, -0.05) is 29.8 Å². The maximum Gasteiger partial charge on any atom is 0.222 e. The average Bonchev–Trinajstić information content (AvgIpc) is 2.28. The lowest BCUT2D eigenvalue weighted by molar-refractivity contribution is -0.130. The third kappa shape index (κ3) is 5.32. The van der Waals surface area contributed by atoms with Crippen LogP contribution in [0.1, 0.15) is 37.3 Å². The van der Waals surface area contributed by atoms with Gasteiger partial charge in [0.15, 0.2) is 0 Å². The SMILES string of the molecule is Cc1cccc(CN(C)C(=O)CCCC(C)N)c1. The van der Waals surface area contributed by atoms with E-state index in [0.29, 0.717) is 13.0 Å². The summed E-state index contributed by atoms with van der Waals surface area (Å²) in [6.45, 7) is 4.72. The van der Waals surface area contributed by atoms with E-state index in [0.717, 1.165) is 12.8 Å². The van der Waals surface area contributed by atoms with Crippen LogP contribution >= 0.6 is 0 Å². The zero-order chi connectivity index (χ0) is 13.5. The molecule has 0 aromatic heterocycles. The quantitative estimate of drug-likeness (QED) is 0.840. The monoisotopic (exact) mass is 248 g/mol. The van der Waals surface area contributed by atoms with Crippen molar-refractivity contribution in [3.05, 3.63) is 35.4 Å². The smallest absolute Gasteiger partial charge is 0.222 e. The number of benzene rings is 1.